The van der Waals surface area contributed by atoms with Gasteiger partial charge in [-0.05, 0) is 25.0 Å². The van der Waals surface area contributed by atoms with Crippen molar-refractivity contribution in [3.05, 3.63) is 35.4 Å². The number of hydrogen-bond donors (Lipinski definition) is 2. The van der Waals surface area contributed by atoms with E-state index in [1.54, 1.807) is 38.1 Å². The monoisotopic (exact) mass is 192 g/mol. The van der Waals surface area contributed by atoms with E-state index in [9.17, 15) is 0 Å². The van der Waals surface area contributed by atoms with Crippen LogP contribution in [-0.4, -0.2) is 21.8 Å². The summed E-state index contributed by atoms with van der Waals surface area (Å²) in [5.74, 6) is 0. The Kier molecular flexibility index (Phi) is 3.23. The van der Waals surface area contributed by atoms with Crippen LogP contribution in [0, 0.1) is 0 Å². The first-order valence-corrected chi connectivity index (χ1v) is 4.17. The van der Waals surface area contributed by atoms with Crippen LogP contribution >= 0.6 is 0 Å². The molecule has 0 bridgehead atoms. The lowest BCUT2D eigenvalue weighted by Gasteiger charge is -2.01. The van der Waals surface area contributed by atoms with Gasteiger partial charge in [0.05, 0.1) is 11.4 Å². The van der Waals surface area contributed by atoms with E-state index in [0.29, 0.717) is 11.4 Å². The van der Waals surface area contributed by atoms with Gasteiger partial charge in [0.1, 0.15) is 0 Å². The molecule has 0 aliphatic carbocycles. The lowest BCUT2D eigenvalue weighted by molar-refractivity contribution is 0.318. The maximum Gasteiger partial charge on any atom is 0.0836 e. The summed E-state index contributed by atoms with van der Waals surface area (Å²) in [5, 5.41) is 23.3. The fraction of sp³-hybridized carbons (Fsp3) is 0.200. The minimum atomic E-state index is 0.551. The van der Waals surface area contributed by atoms with Gasteiger partial charge in [0.15, 0.2) is 0 Å². The molecule has 0 amide bonds. The van der Waals surface area contributed by atoms with E-state index < -0.39 is 0 Å². The molecular weight excluding hydrogens is 180 g/mol. The summed E-state index contributed by atoms with van der Waals surface area (Å²) in [5.41, 5.74) is 2.77. The van der Waals surface area contributed by atoms with Gasteiger partial charge in [-0.3, -0.25) is 0 Å². The van der Waals surface area contributed by atoms with Crippen LogP contribution in [0.15, 0.2) is 34.6 Å². The molecule has 0 heterocycles. The molecule has 0 atom stereocenters. The summed E-state index contributed by atoms with van der Waals surface area (Å²) in [7, 11) is 0. The van der Waals surface area contributed by atoms with E-state index in [2.05, 4.69) is 10.3 Å². The predicted octanol–water partition coefficient (Wildman–Crippen LogP) is 2.08. The van der Waals surface area contributed by atoms with Gasteiger partial charge in [0.25, 0.3) is 0 Å². The first-order valence-electron chi connectivity index (χ1n) is 4.17. The largest absolute Gasteiger partial charge is 0.411 e. The molecule has 0 radical (unpaired) electrons. The van der Waals surface area contributed by atoms with Gasteiger partial charge in [0.2, 0.25) is 0 Å². The molecule has 0 fully saturated rings. The van der Waals surface area contributed by atoms with Crippen LogP contribution in [0.3, 0.4) is 0 Å². The first-order chi connectivity index (χ1) is 6.69. The van der Waals surface area contributed by atoms with Gasteiger partial charge in [-0.15, -0.1) is 0 Å². The van der Waals surface area contributed by atoms with Crippen molar-refractivity contribution in [1.29, 1.82) is 0 Å². The van der Waals surface area contributed by atoms with Gasteiger partial charge in [-0.25, -0.2) is 0 Å². The molecule has 1 rings (SSSR count). The van der Waals surface area contributed by atoms with Crippen LogP contribution in [0.4, 0.5) is 0 Å². The number of hydrogen-bond acceptors (Lipinski definition) is 4. The Morgan fingerprint density at radius 2 is 1.14 bits per heavy atom. The molecule has 0 spiro atoms. The summed E-state index contributed by atoms with van der Waals surface area (Å²) in [6.07, 6.45) is 0. The van der Waals surface area contributed by atoms with Crippen molar-refractivity contribution in [1.82, 2.24) is 0 Å². The average molecular weight is 192 g/mol. The molecule has 0 aliphatic heterocycles. The summed E-state index contributed by atoms with van der Waals surface area (Å²) >= 11 is 0. The van der Waals surface area contributed by atoms with Gasteiger partial charge in [-0.1, -0.05) is 34.6 Å². The number of benzene rings is 1. The maximum absolute atomic E-state index is 8.54. The zero-order valence-electron chi connectivity index (χ0n) is 8.10. The Balaban J connectivity index is 3.01. The molecule has 1 aromatic carbocycles. The first kappa shape index (κ1) is 10.2. The Labute approximate surface area is 82.2 Å². The van der Waals surface area contributed by atoms with Crippen LogP contribution in [0.25, 0.3) is 0 Å². The predicted molar refractivity (Wildman–Crippen MR) is 54.4 cm³/mol. The molecule has 14 heavy (non-hydrogen) atoms. The molecule has 0 aromatic heterocycles. The van der Waals surface area contributed by atoms with Gasteiger partial charge < -0.3 is 10.4 Å². The van der Waals surface area contributed by atoms with E-state index in [0.717, 1.165) is 11.1 Å². The zero-order chi connectivity index (χ0) is 10.6. The van der Waals surface area contributed by atoms with Crippen LogP contribution in [-0.2, 0) is 0 Å². The molecule has 74 valence electrons. The van der Waals surface area contributed by atoms with Gasteiger partial charge in [0, 0.05) is 0 Å². The second-order valence-corrected chi connectivity index (χ2v) is 2.95. The second kappa shape index (κ2) is 4.41. The molecule has 4 nitrogen and oxygen atoms in total. The smallest absolute Gasteiger partial charge is 0.0836 e. The van der Waals surface area contributed by atoms with Crippen LogP contribution in [0.1, 0.15) is 25.0 Å². The lowest BCUT2D eigenvalue weighted by atomic mass is 10.1. The molecule has 0 unspecified atom stereocenters. The van der Waals surface area contributed by atoms with E-state index in [1.165, 1.54) is 0 Å². The molecule has 0 saturated carbocycles. The third kappa shape index (κ3) is 2.10. The molecule has 2 N–H and O–H groups in total. The zero-order valence-corrected chi connectivity index (χ0v) is 8.10. The summed E-state index contributed by atoms with van der Waals surface area (Å²) in [6, 6.07) is 7.22. The Morgan fingerprint density at radius 3 is 1.36 bits per heavy atom. The lowest BCUT2D eigenvalue weighted by Crippen LogP contribution is -1.98. The molecular formula is C10H12N2O2. The van der Waals surface area contributed by atoms with Crippen molar-refractivity contribution in [3.63, 3.8) is 0 Å². The van der Waals surface area contributed by atoms with Gasteiger partial charge >= 0.3 is 0 Å². The normalized spacial score (nSPS) is 13.0. The summed E-state index contributed by atoms with van der Waals surface area (Å²) < 4.78 is 0. The van der Waals surface area contributed by atoms with E-state index in [-0.39, 0.29) is 0 Å². The van der Waals surface area contributed by atoms with Crippen molar-refractivity contribution in [2.75, 3.05) is 0 Å². The Bertz CT molecular complexity index is 329. The summed E-state index contributed by atoms with van der Waals surface area (Å²) in [4.78, 5) is 0. The standard InChI is InChI=1S/C10H12N2O2/c1-7(11-13)9-3-5-10(6-4-9)8(2)12-14/h3-6,13-14H,1-2H3. The van der Waals surface area contributed by atoms with E-state index >= 15 is 0 Å². The van der Waals surface area contributed by atoms with Gasteiger partial charge in [-0.2, -0.15) is 0 Å². The van der Waals surface area contributed by atoms with Crippen LogP contribution in [0.5, 0.6) is 0 Å². The van der Waals surface area contributed by atoms with Crippen molar-refractivity contribution >= 4 is 11.4 Å². The molecule has 4 heteroatoms. The fourth-order valence-electron chi connectivity index (χ4n) is 1.07. The van der Waals surface area contributed by atoms with E-state index in [4.69, 9.17) is 10.4 Å². The average Bonchev–Trinajstić information content (AvgIpc) is 2.27. The highest BCUT2D eigenvalue weighted by molar-refractivity contribution is 6.01. The molecule has 1 aromatic rings. The molecule has 0 saturated heterocycles. The summed E-state index contributed by atoms with van der Waals surface area (Å²) in [6.45, 7) is 3.42. The number of oxime groups is 2. The quantitative estimate of drug-likeness (QED) is 0.428. The topological polar surface area (TPSA) is 65.2 Å². The third-order valence-electron chi connectivity index (χ3n) is 2.02. The van der Waals surface area contributed by atoms with Crippen molar-refractivity contribution in [3.8, 4) is 0 Å². The maximum atomic E-state index is 8.54. The number of rotatable bonds is 2. The number of nitrogens with zero attached hydrogens (tertiary/aromatic N) is 2. The Morgan fingerprint density at radius 1 is 0.857 bits per heavy atom. The van der Waals surface area contributed by atoms with Crippen molar-refractivity contribution in [2.45, 2.75) is 13.8 Å². The SMILES string of the molecule is CC(=NO)c1ccc(C(C)=NO)cc1. The molecule has 0 aliphatic rings. The van der Waals surface area contributed by atoms with E-state index in [1.807, 2.05) is 0 Å². The van der Waals surface area contributed by atoms with Crippen LogP contribution in [0.2, 0.25) is 0 Å². The van der Waals surface area contributed by atoms with Crippen LogP contribution < -0.4 is 0 Å². The third-order valence-corrected chi connectivity index (χ3v) is 2.02. The fourth-order valence-corrected chi connectivity index (χ4v) is 1.07. The highest BCUT2D eigenvalue weighted by Crippen LogP contribution is 2.06. The highest BCUT2D eigenvalue weighted by Gasteiger charge is 2.00. The van der Waals surface area contributed by atoms with Crippen molar-refractivity contribution < 1.29 is 10.4 Å². The van der Waals surface area contributed by atoms with Crippen molar-refractivity contribution in [2.24, 2.45) is 10.3 Å². The highest BCUT2D eigenvalue weighted by atomic mass is 16.4. The minimum Gasteiger partial charge on any atom is -0.411 e. The second-order valence-electron chi connectivity index (χ2n) is 2.95. The minimum absolute atomic E-state index is 0.551. The Hall–Kier alpha value is -1.84.